The maximum atomic E-state index is 11.7. The summed E-state index contributed by atoms with van der Waals surface area (Å²) >= 11 is 0. The third-order valence-electron chi connectivity index (χ3n) is 4.32. The van der Waals surface area contributed by atoms with Crippen LogP contribution in [0.4, 0.5) is 0 Å². The molecule has 0 aromatic heterocycles. The van der Waals surface area contributed by atoms with Crippen molar-refractivity contribution in [1.82, 2.24) is 0 Å². The van der Waals surface area contributed by atoms with Crippen LogP contribution in [0.1, 0.15) is 33.0 Å². The predicted octanol–water partition coefficient (Wildman–Crippen LogP) is 4.96. The molecule has 3 rings (SSSR count). The molecular weight excluding hydrogens is 352 g/mol. The van der Waals surface area contributed by atoms with E-state index < -0.39 is 11.9 Å². The van der Waals surface area contributed by atoms with Gasteiger partial charge in [-0.2, -0.15) is 0 Å². The van der Waals surface area contributed by atoms with Gasteiger partial charge in [-0.25, -0.2) is 4.79 Å². The summed E-state index contributed by atoms with van der Waals surface area (Å²) in [6, 6.07) is 23.8. The van der Waals surface area contributed by atoms with Crippen LogP contribution in [0, 0.1) is 0 Å². The zero-order chi connectivity index (χ0) is 19.8. The van der Waals surface area contributed by atoms with Crippen molar-refractivity contribution in [2.75, 3.05) is 0 Å². The molecule has 0 spiro atoms. The monoisotopic (exact) mass is 372 g/mol. The lowest BCUT2D eigenvalue weighted by Gasteiger charge is -2.14. The first-order chi connectivity index (χ1) is 13.7. The van der Waals surface area contributed by atoms with E-state index in [0.717, 1.165) is 23.0 Å². The Hall–Kier alpha value is -3.66. The Bertz CT molecular complexity index is 959. The third-order valence-corrected chi connectivity index (χ3v) is 4.32. The number of allylic oxidation sites excluding steroid dienone is 1. The van der Waals surface area contributed by atoms with Crippen LogP contribution in [0.15, 0.2) is 84.9 Å². The fraction of sp³-hybridized carbons (Fsp3) is 0.0833. The van der Waals surface area contributed by atoms with E-state index in [0.29, 0.717) is 12.4 Å². The summed E-state index contributed by atoms with van der Waals surface area (Å²) in [5.41, 5.74) is 2.88. The number of hydrogen-bond acceptors (Lipinski definition) is 3. The van der Waals surface area contributed by atoms with Crippen LogP contribution in [-0.2, 0) is 11.4 Å². The van der Waals surface area contributed by atoms with Gasteiger partial charge < -0.3 is 14.6 Å². The van der Waals surface area contributed by atoms with Gasteiger partial charge in [0.15, 0.2) is 0 Å². The number of rotatable bonds is 8. The summed E-state index contributed by atoms with van der Waals surface area (Å²) < 4.78 is 5.94. The Morgan fingerprint density at radius 1 is 0.929 bits per heavy atom. The molecule has 1 N–H and O–H groups in total. The number of carboxylic acids is 1. The van der Waals surface area contributed by atoms with Crippen molar-refractivity contribution in [1.29, 1.82) is 0 Å². The topological polar surface area (TPSA) is 63.6 Å². The van der Waals surface area contributed by atoms with Gasteiger partial charge in [-0.3, -0.25) is 0 Å². The van der Waals surface area contributed by atoms with E-state index in [4.69, 9.17) is 9.84 Å². The van der Waals surface area contributed by atoms with E-state index in [9.17, 15) is 9.59 Å². The molecule has 140 valence electrons. The molecule has 0 aliphatic rings. The first-order valence-corrected chi connectivity index (χ1v) is 8.90. The molecule has 1 atom stereocenters. The van der Waals surface area contributed by atoms with Crippen molar-refractivity contribution in [3.63, 3.8) is 0 Å². The first kappa shape index (κ1) is 19.1. The lowest BCUT2D eigenvalue weighted by Crippen LogP contribution is -2.03. The van der Waals surface area contributed by atoms with Gasteiger partial charge in [0.05, 0.1) is 11.5 Å². The fourth-order valence-electron chi connectivity index (χ4n) is 2.80. The summed E-state index contributed by atoms with van der Waals surface area (Å²) in [5, 5.41) is 8.97. The molecule has 4 nitrogen and oxygen atoms in total. The van der Waals surface area contributed by atoms with Crippen molar-refractivity contribution in [3.05, 3.63) is 107 Å². The van der Waals surface area contributed by atoms with Gasteiger partial charge in [0, 0.05) is 5.56 Å². The molecule has 0 amide bonds. The number of aldehydes is 1. The van der Waals surface area contributed by atoms with Crippen LogP contribution in [0.5, 0.6) is 5.75 Å². The Balaban J connectivity index is 1.76. The number of benzene rings is 3. The highest BCUT2D eigenvalue weighted by atomic mass is 16.5. The molecule has 0 saturated carbocycles. The minimum atomic E-state index is -0.967. The zero-order valence-electron chi connectivity index (χ0n) is 15.2. The molecule has 0 heterocycles. The van der Waals surface area contributed by atoms with Gasteiger partial charge in [-0.15, -0.1) is 0 Å². The Morgan fingerprint density at radius 2 is 1.61 bits per heavy atom. The minimum absolute atomic E-state index is 0.226. The van der Waals surface area contributed by atoms with Crippen molar-refractivity contribution in [2.45, 2.75) is 12.5 Å². The molecule has 3 aromatic carbocycles. The quantitative estimate of drug-likeness (QED) is 0.568. The smallest absolute Gasteiger partial charge is 0.335 e. The van der Waals surface area contributed by atoms with E-state index in [1.165, 1.54) is 12.1 Å². The van der Waals surface area contributed by atoms with Crippen molar-refractivity contribution in [3.8, 4) is 5.75 Å². The second-order valence-corrected chi connectivity index (χ2v) is 6.26. The Kier molecular flexibility index (Phi) is 6.37. The second kappa shape index (κ2) is 9.33. The number of hydrogen-bond donors (Lipinski definition) is 1. The summed E-state index contributed by atoms with van der Waals surface area (Å²) in [6.07, 6.45) is 4.46. The van der Waals surface area contributed by atoms with Gasteiger partial charge in [-0.05, 0) is 29.3 Å². The van der Waals surface area contributed by atoms with Gasteiger partial charge in [0.25, 0.3) is 0 Å². The van der Waals surface area contributed by atoms with Crippen LogP contribution in [0.25, 0.3) is 6.08 Å². The molecule has 3 aromatic rings. The maximum Gasteiger partial charge on any atom is 0.335 e. The summed E-state index contributed by atoms with van der Waals surface area (Å²) in [5.74, 6) is -0.772. The van der Waals surface area contributed by atoms with E-state index in [-0.39, 0.29) is 5.56 Å². The van der Waals surface area contributed by atoms with Crippen LogP contribution in [0.2, 0.25) is 0 Å². The van der Waals surface area contributed by atoms with E-state index in [2.05, 4.69) is 0 Å². The Morgan fingerprint density at radius 3 is 2.29 bits per heavy atom. The van der Waals surface area contributed by atoms with Gasteiger partial charge in [0.1, 0.15) is 18.6 Å². The highest BCUT2D eigenvalue weighted by Gasteiger charge is 2.13. The maximum absolute atomic E-state index is 11.7. The van der Waals surface area contributed by atoms with Gasteiger partial charge in [-0.1, -0.05) is 72.8 Å². The standard InChI is InChI=1S/C24H20O4/c25-16-21(15-12-18-10-13-20(14-11-18)24(26)27)22-8-4-5-9-23(22)28-17-19-6-2-1-3-7-19/h1-16,21H,17H2,(H,26,27). The number of carbonyl (C=O) groups is 2. The highest BCUT2D eigenvalue weighted by molar-refractivity contribution is 5.87. The molecule has 0 aliphatic heterocycles. The van der Waals surface area contributed by atoms with Crippen LogP contribution in [0.3, 0.4) is 0 Å². The summed E-state index contributed by atoms with van der Waals surface area (Å²) in [4.78, 5) is 22.6. The van der Waals surface area contributed by atoms with E-state index in [1.807, 2.05) is 54.6 Å². The number of aromatic carboxylic acids is 1. The molecule has 4 heteroatoms. The lowest BCUT2D eigenvalue weighted by atomic mass is 9.98. The lowest BCUT2D eigenvalue weighted by molar-refractivity contribution is -0.108. The molecule has 0 bridgehead atoms. The molecule has 0 fully saturated rings. The SMILES string of the molecule is O=CC(C=Cc1ccc(C(=O)O)cc1)c1ccccc1OCc1ccccc1. The third kappa shape index (κ3) is 4.95. The number of carboxylic acid groups (broad SMARTS) is 1. The summed E-state index contributed by atoms with van der Waals surface area (Å²) in [7, 11) is 0. The van der Waals surface area contributed by atoms with Gasteiger partial charge >= 0.3 is 5.97 Å². The van der Waals surface area contributed by atoms with Gasteiger partial charge in [0.2, 0.25) is 0 Å². The van der Waals surface area contributed by atoms with Crippen LogP contribution >= 0.6 is 0 Å². The number of ether oxygens (including phenoxy) is 1. The fourth-order valence-corrected chi connectivity index (χ4v) is 2.80. The average Bonchev–Trinajstić information content (AvgIpc) is 2.74. The molecule has 0 radical (unpaired) electrons. The van der Waals surface area contributed by atoms with Crippen molar-refractivity contribution >= 4 is 18.3 Å². The number of carbonyl (C=O) groups excluding carboxylic acids is 1. The molecule has 1 unspecified atom stereocenters. The predicted molar refractivity (Wildman–Crippen MR) is 108 cm³/mol. The largest absolute Gasteiger partial charge is 0.489 e. The molecule has 0 aliphatic carbocycles. The zero-order valence-corrected chi connectivity index (χ0v) is 15.2. The Labute approximate surface area is 163 Å². The first-order valence-electron chi connectivity index (χ1n) is 8.90. The minimum Gasteiger partial charge on any atom is -0.489 e. The summed E-state index contributed by atoms with van der Waals surface area (Å²) in [6.45, 7) is 0.420. The average molecular weight is 372 g/mol. The molecule has 28 heavy (non-hydrogen) atoms. The highest BCUT2D eigenvalue weighted by Crippen LogP contribution is 2.28. The molecular formula is C24H20O4. The van der Waals surface area contributed by atoms with Crippen LogP contribution in [-0.4, -0.2) is 17.4 Å². The van der Waals surface area contributed by atoms with Crippen molar-refractivity contribution < 1.29 is 19.4 Å². The van der Waals surface area contributed by atoms with Crippen LogP contribution < -0.4 is 4.74 Å². The molecule has 0 saturated heterocycles. The van der Waals surface area contributed by atoms with Crippen molar-refractivity contribution in [2.24, 2.45) is 0 Å². The van der Waals surface area contributed by atoms with E-state index >= 15 is 0 Å². The second-order valence-electron chi connectivity index (χ2n) is 6.26. The number of para-hydroxylation sites is 1. The normalized spacial score (nSPS) is 11.9. The van der Waals surface area contributed by atoms with E-state index in [1.54, 1.807) is 24.3 Å².